The van der Waals surface area contributed by atoms with Gasteiger partial charge in [0.25, 0.3) is 15.9 Å². The van der Waals surface area contributed by atoms with Crippen molar-refractivity contribution in [3.63, 3.8) is 0 Å². The second-order valence-corrected chi connectivity index (χ2v) is 8.13. The number of hydrogen-bond acceptors (Lipinski definition) is 3. The Kier molecular flexibility index (Phi) is 5.27. The molecule has 1 amide bonds. The molecule has 0 saturated carbocycles. The Labute approximate surface area is 152 Å². The van der Waals surface area contributed by atoms with E-state index in [0.717, 1.165) is 31.4 Å². The van der Waals surface area contributed by atoms with Crippen molar-refractivity contribution in [2.45, 2.75) is 37.1 Å². The summed E-state index contributed by atoms with van der Waals surface area (Å²) in [5, 5.41) is 0. The second kappa shape index (κ2) is 7.45. The number of halogens is 1. The van der Waals surface area contributed by atoms with Gasteiger partial charge in [-0.05, 0) is 62.6 Å². The molecule has 7 heteroatoms. The number of carbonyl (C=O) groups excluding carboxylic acids is 1. The molecule has 26 heavy (non-hydrogen) atoms. The molecule has 3 rings (SSSR count). The van der Waals surface area contributed by atoms with Gasteiger partial charge in [0, 0.05) is 12.6 Å². The zero-order chi connectivity index (χ0) is 18.7. The molecule has 1 saturated heterocycles. The standard InChI is InChI=1S/C19H21FN2O3S/c1-14-6-4-5-13-22(14)19(23)17-7-2-3-8-18(17)21-26(24,25)16-11-9-15(20)10-12-16/h2-3,7-12,14,21H,4-6,13H2,1H3/t14-/m1/s1. The van der Waals surface area contributed by atoms with E-state index in [1.54, 1.807) is 29.2 Å². The zero-order valence-corrected chi connectivity index (χ0v) is 15.3. The van der Waals surface area contributed by atoms with Gasteiger partial charge in [0.1, 0.15) is 5.82 Å². The predicted octanol–water partition coefficient (Wildman–Crippen LogP) is 3.64. The van der Waals surface area contributed by atoms with Crippen LogP contribution in [0.2, 0.25) is 0 Å². The van der Waals surface area contributed by atoms with Crippen LogP contribution in [-0.2, 0) is 10.0 Å². The Morgan fingerprint density at radius 2 is 1.81 bits per heavy atom. The van der Waals surface area contributed by atoms with Gasteiger partial charge < -0.3 is 4.90 Å². The highest BCUT2D eigenvalue weighted by atomic mass is 32.2. The molecule has 0 spiro atoms. The van der Waals surface area contributed by atoms with Gasteiger partial charge in [0.2, 0.25) is 0 Å². The number of benzene rings is 2. The van der Waals surface area contributed by atoms with E-state index in [0.29, 0.717) is 12.1 Å². The number of anilines is 1. The average Bonchev–Trinajstić information content (AvgIpc) is 2.62. The van der Waals surface area contributed by atoms with Crippen molar-refractivity contribution in [1.82, 2.24) is 4.90 Å². The van der Waals surface area contributed by atoms with Crippen molar-refractivity contribution in [2.75, 3.05) is 11.3 Å². The Morgan fingerprint density at radius 1 is 1.12 bits per heavy atom. The van der Waals surface area contributed by atoms with Crippen LogP contribution in [0.3, 0.4) is 0 Å². The van der Waals surface area contributed by atoms with E-state index in [2.05, 4.69) is 4.72 Å². The van der Waals surface area contributed by atoms with Gasteiger partial charge in [0.15, 0.2) is 0 Å². The first-order valence-corrected chi connectivity index (χ1v) is 10.1. The molecular weight excluding hydrogens is 355 g/mol. The number of rotatable bonds is 4. The summed E-state index contributed by atoms with van der Waals surface area (Å²) in [5.74, 6) is -0.701. The highest BCUT2D eigenvalue weighted by Gasteiger charge is 2.27. The largest absolute Gasteiger partial charge is 0.336 e. The number of nitrogens with one attached hydrogen (secondary N) is 1. The first-order chi connectivity index (χ1) is 12.4. The molecular formula is C19H21FN2O3S. The van der Waals surface area contributed by atoms with Gasteiger partial charge in [-0.2, -0.15) is 0 Å². The van der Waals surface area contributed by atoms with Crippen LogP contribution in [0.5, 0.6) is 0 Å². The Bertz CT molecular complexity index is 897. The van der Waals surface area contributed by atoms with E-state index in [9.17, 15) is 17.6 Å². The Balaban J connectivity index is 1.89. The quantitative estimate of drug-likeness (QED) is 0.886. The minimum atomic E-state index is -3.92. The van der Waals surface area contributed by atoms with Crippen molar-refractivity contribution in [3.05, 3.63) is 59.9 Å². The van der Waals surface area contributed by atoms with Crippen LogP contribution in [0.25, 0.3) is 0 Å². The van der Waals surface area contributed by atoms with Crippen LogP contribution in [0.4, 0.5) is 10.1 Å². The van der Waals surface area contributed by atoms with Crippen LogP contribution < -0.4 is 4.72 Å². The number of hydrogen-bond donors (Lipinski definition) is 1. The minimum Gasteiger partial charge on any atom is -0.336 e. The van der Waals surface area contributed by atoms with Gasteiger partial charge >= 0.3 is 0 Å². The Morgan fingerprint density at radius 3 is 2.50 bits per heavy atom. The molecule has 1 aliphatic rings. The van der Waals surface area contributed by atoms with Crippen LogP contribution in [-0.4, -0.2) is 31.8 Å². The smallest absolute Gasteiger partial charge is 0.261 e. The summed E-state index contributed by atoms with van der Waals surface area (Å²) in [4.78, 5) is 14.7. The zero-order valence-electron chi connectivity index (χ0n) is 14.5. The minimum absolute atomic E-state index is 0.0625. The molecule has 1 N–H and O–H groups in total. The number of sulfonamides is 1. The van der Waals surface area contributed by atoms with Gasteiger partial charge in [-0.3, -0.25) is 9.52 Å². The summed E-state index contributed by atoms with van der Waals surface area (Å²) in [6.07, 6.45) is 2.97. The lowest BCUT2D eigenvalue weighted by Crippen LogP contribution is -2.42. The van der Waals surface area contributed by atoms with Crippen LogP contribution in [0, 0.1) is 5.82 Å². The molecule has 2 aromatic rings. The summed E-state index contributed by atoms with van der Waals surface area (Å²) in [7, 11) is -3.92. The fourth-order valence-electron chi connectivity index (χ4n) is 3.13. The summed E-state index contributed by atoms with van der Waals surface area (Å²) in [6.45, 7) is 2.67. The van der Waals surface area contributed by atoms with Gasteiger partial charge in [-0.1, -0.05) is 12.1 Å². The third-order valence-corrected chi connectivity index (χ3v) is 5.97. The monoisotopic (exact) mass is 376 g/mol. The van der Waals surface area contributed by atoms with Crippen molar-refractivity contribution >= 4 is 21.6 Å². The molecule has 0 aromatic heterocycles. The van der Waals surface area contributed by atoms with E-state index in [1.807, 2.05) is 6.92 Å². The third kappa shape index (κ3) is 3.88. The topological polar surface area (TPSA) is 66.5 Å². The number of carbonyl (C=O) groups is 1. The van der Waals surface area contributed by atoms with Crippen molar-refractivity contribution in [3.8, 4) is 0 Å². The molecule has 138 valence electrons. The SMILES string of the molecule is C[C@@H]1CCCCN1C(=O)c1ccccc1NS(=O)(=O)c1ccc(F)cc1. The molecule has 0 bridgehead atoms. The second-order valence-electron chi connectivity index (χ2n) is 6.45. The maximum absolute atomic E-state index is 13.0. The molecule has 1 fully saturated rings. The van der Waals surface area contributed by atoms with Gasteiger partial charge in [0.05, 0.1) is 16.1 Å². The molecule has 0 aliphatic carbocycles. The number of amides is 1. The lowest BCUT2D eigenvalue weighted by Gasteiger charge is -2.34. The molecule has 2 aromatic carbocycles. The normalized spacial score (nSPS) is 17.8. The highest BCUT2D eigenvalue weighted by Crippen LogP contribution is 2.25. The number of para-hydroxylation sites is 1. The van der Waals surface area contributed by atoms with Crippen LogP contribution in [0.15, 0.2) is 53.4 Å². The number of likely N-dealkylation sites (tertiary alicyclic amines) is 1. The maximum Gasteiger partial charge on any atom is 0.261 e. The Hall–Kier alpha value is -2.41. The van der Waals surface area contributed by atoms with Gasteiger partial charge in [-0.25, -0.2) is 12.8 Å². The van der Waals surface area contributed by atoms with E-state index in [4.69, 9.17) is 0 Å². The molecule has 1 heterocycles. The maximum atomic E-state index is 13.0. The third-order valence-electron chi connectivity index (χ3n) is 4.59. The average molecular weight is 376 g/mol. The van der Waals surface area contributed by atoms with Crippen molar-refractivity contribution in [2.24, 2.45) is 0 Å². The van der Waals surface area contributed by atoms with E-state index >= 15 is 0 Å². The van der Waals surface area contributed by atoms with E-state index in [-0.39, 0.29) is 22.5 Å². The molecule has 1 aliphatic heterocycles. The fourth-order valence-corrected chi connectivity index (χ4v) is 4.21. The van der Waals surface area contributed by atoms with Crippen molar-refractivity contribution < 1.29 is 17.6 Å². The summed E-state index contributed by atoms with van der Waals surface area (Å²) >= 11 is 0. The predicted molar refractivity (Wildman–Crippen MR) is 98.0 cm³/mol. The van der Waals surface area contributed by atoms with Crippen LogP contribution in [0.1, 0.15) is 36.5 Å². The number of nitrogens with zero attached hydrogens (tertiary/aromatic N) is 1. The van der Waals surface area contributed by atoms with Crippen molar-refractivity contribution in [1.29, 1.82) is 0 Å². The lowest BCUT2D eigenvalue weighted by molar-refractivity contribution is 0.0636. The summed E-state index contributed by atoms with van der Waals surface area (Å²) in [5.41, 5.74) is 0.534. The first kappa shape index (κ1) is 18.4. The molecule has 0 unspecified atom stereocenters. The lowest BCUT2D eigenvalue weighted by atomic mass is 10.0. The fraction of sp³-hybridized carbons (Fsp3) is 0.316. The van der Waals surface area contributed by atoms with Crippen LogP contribution >= 0.6 is 0 Å². The molecule has 5 nitrogen and oxygen atoms in total. The highest BCUT2D eigenvalue weighted by molar-refractivity contribution is 7.92. The first-order valence-electron chi connectivity index (χ1n) is 8.57. The van der Waals surface area contributed by atoms with E-state index in [1.165, 1.54) is 12.1 Å². The number of piperidine rings is 1. The molecule has 0 radical (unpaired) electrons. The summed E-state index contributed by atoms with van der Waals surface area (Å²) < 4.78 is 40.6. The molecule has 1 atom stereocenters. The summed E-state index contributed by atoms with van der Waals surface area (Å²) in [6, 6.07) is 11.2. The van der Waals surface area contributed by atoms with Gasteiger partial charge in [-0.15, -0.1) is 0 Å². The van der Waals surface area contributed by atoms with E-state index < -0.39 is 15.8 Å².